The molecule has 1 heterocycles. The minimum absolute atomic E-state index is 0.269. The van der Waals surface area contributed by atoms with Gasteiger partial charge in [0, 0.05) is 16.8 Å². The van der Waals surface area contributed by atoms with Crippen molar-refractivity contribution in [3.05, 3.63) is 93.3 Å². The van der Waals surface area contributed by atoms with Crippen molar-refractivity contribution in [1.29, 1.82) is 0 Å². The Hall–Kier alpha value is -3.11. The Morgan fingerprint density at radius 2 is 1.84 bits per heavy atom. The molecule has 0 spiro atoms. The van der Waals surface area contributed by atoms with E-state index >= 15 is 0 Å². The molecule has 1 aliphatic rings. The SMILES string of the molecule is CCc1ncc(C2=C(c3cc(Cl)ccc3OCc3ccc(C)cc3)CCC2)cc1C(=O)O. The second-order valence-corrected chi connectivity index (χ2v) is 8.54. The van der Waals surface area contributed by atoms with E-state index in [2.05, 4.69) is 36.2 Å². The highest BCUT2D eigenvalue weighted by molar-refractivity contribution is 6.30. The first kappa shape index (κ1) is 22.1. The highest BCUT2D eigenvalue weighted by Crippen LogP contribution is 2.43. The second kappa shape index (κ2) is 9.58. The normalized spacial score (nSPS) is 13.5. The molecule has 5 heteroatoms. The predicted octanol–water partition coefficient (Wildman–Crippen LogP) is 6.98. The van der Waals surface area contributed by atoms with Crippen LogP contribution in [0.3, 0.4) is 0 Å². The Morgan fingerprint density at radius 1 is 1.09 bits per heavy atom. The molecule has 4 rings (SSSR count). The van der Waals surface area contributed by atoms with E-state index in [1.807, 2.05) is 25.1 Å². The van der Waals surface area contributed by atoms with Crippen molar-refractivity contribution in [2.75, 3.05) is 0 Å². The molecule has 2 aromatic carbocycles. The molecule has 0 saturated carbocycles. The van der Waals surface area contributed by atoms with E-state index in [4.69, 9.17) is 16.3 Å². The first-order chi connectivity index (χ1) is 15.5. The van der Waals surface area contributed by atoms with Crippen molar-refractivity contribution in [3.8, 4) is 5.75 Å². The second-order valence-electron chi connectivity index (χ2n) is 8.10. The highest BCUT2D eigenvalue weighted by atomic mass is 35.5. The van der Waals surface area contributed by atoms with Crippen LogP contribution in [0.25, 0.3) is 11.1 Å². The fourth-order valence-electron chi connectivity index (χ4n) is 4.19. The minimum atomic E-state index is -0.943. The molecule has 164 valence electrons. The first-order valence-corrected chi connectivity index (χ1v) is 11.3. The third kappa shape index (κ3) is 4.71. The molecule has 4 nitrogen and oxygen atoms in total. The maximum atomic E-state index is 11.7. The smallest absolute Gasteiger partial charge is 0.337 e. The molecule has 0 bridgehead atoms. The van der Waals surface area contributed by atoms with Gasteiger partial charge in [-0.1, -0.05) is 48.4 Å². The number of benzene rings is 2. The molecule has 3 aromatic rings. The molecule has 0 unspecified atom stereocenters. The van der Waals surface area contributed by atoms with Crippen molar-refractivity contribution >= 4 is 28.7 Å². The van der Waals surface area contributed by atoms with Gasteiger partial charge in [0.25, 0.3) is 0 Å². The maximum Gasteiger partial charge on any atom is 0.337 e. The summed E-state index contributed by atoms with van der Waals surface area (Å²) >= 11 is 6.36. The molecule has 1 aliphatic carbocycles. The Bertz CT molecular complexity index is 1180. The van der Waals surface area contributed by atoms with Crippen LogP contribution < -0.4 is 4.74 Å². The Balaban J connectivity index is 1.72. The molecule has 1 N–H and O–H groups in total. The lowest BCUT2D eigenvalue weighted by molar-refractivity contribution is 0.0695. The molecule has 32 heavy (non-hydrogen) atoms. The maximum absolute atomic E-state index is 11.7. The highest BCUT2D eigenvalue weighted by Gasteiger charge is 2.23. The van der Waals surface area contributed by atoms with Crippen LogP contribution in [-0.2, 0) is 13.0 Å². The molecular formula is C27H26ClNO3. The lowest BCUT2D eigenvalue weighted by Crippen LogP contribution is -2.05. The summed E-state index contributed by atoms with van der Waals surface area (Å²) in [5, 5.41) is 10.3. The van der Waals surface area contributed by atoms with Gasteiger partial charge in [-0.2, -0.15) is 0 Å². The number of ether oxygens (including phenoxy) is 1. The average Bonchev–Trinajstić information content (AvgIpc) is 3.28. The van der Waals surface area contributed by atoms with Gasteiger partial charge in [0.15, 0.2) is 0 Å². The number of rotatable bonds is 7. The van der Waals surface area contributed by atoms with Gasteiger partial charge in [-0.15, -0.1) is 0 Å². The lowest BCUT2D eigenvalue weighted by atomic mass is 9.96. The summed E-state index contributed by atoms with van der Waals surface area (Å²) in [7, 11) is 0. The third-order valence-electron chi connectivity index (χ3n) is 5.88. The van der Waals surface area contributed by atoms with Gasteiger partial charge in [0.2, 0.25) is 0 Å². The number of carbonyl (C=O) groups is 1. The standard InChI is InChI=1S/C27H26ClNO3/c1-3-25-24(27(30)31)13-19(15-29-25)21-5-4-6-22(21)23-14-20(28)11-12-26(23)32-16-18-9-7-17(2)8-10-18/h7-15H,3-6,16H2,1-2H3,(H,30,31). The number of aromatic nitrogens is 1. The monoisotopic (exact) mass is 447 g/mol. The van der Waals surface area contributed by atoms with E-state index < -0.39 is 5.97 Å². The van der Waals surface area contributed by atoms with Crippen LogP contribution in [0, 0.1) is 6.92 Å². The summed E-state index contributed by atoms with van der Waals surface area (Å²) in [5.41, 5.74) is 7.27. The molecule has 0 fully saturated rings. The number of aromatic carboxylic acids is 1. The van der Waals surface area contributed by atoms with E-state index in [0.29, 0.717) is 23.7 Å². The molecular weight excluding hydrogens is 422 g/mol. The van der Waals surface area contributed by atoms with Gasteiger partial charge in [0.1, 0.15) is 12.4 Å². The Kier molecular flexibility index (Phi) is 6.61. The van der Waals surface area contributed by atoms with Crippen molar-refractivity contribution in [1.82, 2.24) is 4.98 Å². The van der Waals surface area contributed by atoms with Crippen molar-refractivity contribution in [3.63, 3.8) is 0 Å². The van der Waals surface area contributed by atoms with E-state index in [9.17, 15) is 9.90 Å². The lowest BCUT2D eigenvalue weighted by Gasteiger charge is -2.16. The van der Waals surface area contributed by atoms with E-state index in [-0.39, 0.29) is 5.56 Å². The van der Waals surface area contributed by atoms with Gasteiger partial charge in [-0.05, 0) is 79.1 Å². The van der Waals surface area contributed by atoms with Crippen LogP contribution in [-0.4, -0.2) is 16.1 Å². The summed E-state index contributed by atoms with van der Waals surface area (Å²) in [5.74, 6) is -0.165. The van der Waals surface area contributed by atoms with E-state index in [1.165, 1.54) is 5.56 Å². The first-order valence-electron chi connectivity index (χ1n) is 10.9. The van der Waals surface area contributed by atoms with Crippen molar-refractivity contribution < 1.29 is 14.6 Å². The summed E-state index contributed by atoms with van der Waals surface area (Å²) in [6.07, 6.45) is 5.12. The average molecular weight is 448 g/mol. The summed E-state index contributed by atoms with van der Waals surface area (Å²) in [4.78, 5) is 16.2. The molecule has 1 aromatic heterocycles. The Labute approximate surface area is 193 Å². The molecule has 0 saturated heterocycles. The molecule has 0 amide bonds. The fraction of sp³-hybridized carbons (Fsp3) is 0.259. The van der Waals surface area contributed by atoms with Crippen molar-refractivity contribution in [2.45, 2.75) is 46.1 Å². The third-order valence-corrected chi connectivity index (χ3v) is 6.12. The zero-order valence-electron chi connectivity index (χ0n) is 18.3. The number of hydrogen-bond acceptors (Lipinski definition) is 3. The topological polar surface area (TPSA) is 59.4 Å². The quantitative estimate of drug-likeness (QED) is 0.424. The van der Waals surface area contributed by atoms with Crippen LogP contribution in [0.2, 0.25) is 5.02 Å². The van der Waals surface area contributed by atoms with E-state index in [1.54, 1.807) is 12.3 Å². The fourth-order valence-corrected chi connectivity index (χ4v) is 4.37. The Morgan fingerprint density at radius 3 is 2.56 bits per heavy atom. The molecule has 0 aliphatic heterocycles. The summed E-state index contributed by atoms with van der Waals surface area (Å²) in [6.45, 7) is 4.44. The van der Waals surface area contributed by atoms with E-state index in [0.717, 1.165) is 52.8 Å². The van der Waals surface area contributed by atoms with Crippen LogP contribution in [0.4, 0.5) is 0 Å². The van der Waals surface area contributed by atoms with Crippen LogP contribution in [0.15, 0.2) is 54.7 Å². The number of nitrogens with zero attached hydrogens (tertiary/aromatic N) is 1. The predicted molar refractivity (Wildman–Crippen MR) is 128 cm³/mol. The molecule has 0 radical (unpaired) electrons. The number of carboxylic acids is 1. The van der Waals surface area contributed by atoms with Crippen molar-refractivity contribution in [2.24, 2.45) is 0 Å². The number of carboxylic acid groups (broad SMARTS) is 1. The zero-order valence-corrected chi connectivity index (χ0v) is 19.1. The van der Waals surface area contributed by atoms with Gasteiger partial charge >= 0.3 is 5.97 Å². The number of allylic oxidation sites excluding steroid dienone is 2. The largest absolute Gasteiger partial charge is 0.488 e. The number of aryl methyl sites for hydroxylation is 2. The van der Waals surface area contributed by atoms with Crippen LogP contribution in [0.5, 0.6) is 5.75 Å². The van der Waals surface area contributed by atoms with Gasteiger partial charge in [-0.25, -0.2) is 4.79 Å². The van der Waals surface area contributed by atoms with Gasteiger partial charge in [-0.3, -0.25) is 4.98 Å². The van der Waals surface area contributed by atoms with Crippen LogP contribution in [0.1, 0.15) is 64.5 Å². The molecule has 0 atom stereocenters. The van der Waals surface area contributed by atoms with Gasteiger partial charge in [0.05, 0.1) is 11.3 Å². The van der Waals surface area contributed by atoms with Gasteiger partial charge < -0.3 is 9.84 Å². The number of pyridine rings is 1. The summed E-state index contributed by atoms with van der Waals surface area (Å²) < 4.78 is 6.21. The number of halogens is 1. The minimum Gasteiger partial charge on any atom is -0.488 e. The number of hydrogen-bond donors (Lipinski definition) is 1. The van der Waals surface area contributed by atoms with Crippen LogP contribution >= 0.6 is 11.6 Å². The summed E-state index contributed by atoms with van der Waals surface area (Å²) in [6, 6.07) is 15.7. The zero-order chi connectivity index (χ0) is 22.7.